The van der Waals surface area contributed by atoms with Gasteiger partial charge in [0.25, 0.3) is 5.79 Å². The van der Waals surface area contributed by atoms with E-state index in [0.29, 0.717) is 28.6 Å². The van der Waals surface area contributed by atoms with Crippen LogP contribution >= 0.6 is 11.6 Å². The Labute approximate surface area is 144 Å². The normalized spacial score (nSPS) is 21.7. The van der Waals surface area contributed by atoms with Crippen molar-refractivity contribution in [3.8, 4) is 11.5 Å². The molecular weight excluding hydrogens is 329 g/mol. The lowest BCUT2D eigenvalue weighted by Gasteiger charge is -2.24. The Morgan fingerprint density at radius 3 is 2.83 bits per heavy atom. The molecule has 0 N–H and O–H groups in total. The van der Waals surface area contributed by atoms with Gasteiger partial charge in [0.15, 0.2) is 11.5 Å². The Bertz CT molecular complexity index is 878. The minimum atomic E-state index is -1.23. The van der Waals surface area contributed by atoms with Gasteiger partial charge in [0, 0.05) is 30.1 Å². The second-order valence-corrected chi connectivity index (χ2v) is 6.32. The zero-order valence-electron chi connectivity index (χ0n) is 13.1. The Morgan fingerprint density at radius 1 is 1.21 bits per heavy atom. The molecule has 0 aromatic heterocycles. The van der Waals surface area contributed by atoms with Gasteiger partial charge >= 0.3 is 0 Å². The number of benzene rings is 2. The first-order valence-electron chi connectivity index (χ1n) is 7.71. The summed E-state index contributed by atoms with van der Waals surface area (Å²) in [5.74, 6) is -0.441. The number of nitrogens with zero attached hydrogens (tertiary/aromatic N) is 1. The van der Waals surface area contributed by atoms with E-state index >= 15 is 0 Å². The van der Waals surface area contributed by atoms with Crippen molar-refractivity contribution in [3.63, 3.8) is 0 Å². The Balaban J connectivity index is 1.75. The van der Waals surface area contributed by atoms with E-state index in [1.54, 1.807) is 19.1 Å². The van der Waals surface area contributed by atoms with Gasteiger partial charge in [-0.25, -0.2) is 4.39 Å². The number of aliphatic imine (C=N–C) groups is 1. The summed E-state index contributed by atoms with van der Waals surface area (Å²) < 4.78 is 26.4. The number of fused-ring (bicyclic) bond motifs is 1. The maximum Gasteiger partial charge on any atom is 0.278 e. The van der Waals surface area contributed by atoms with Crippen molar-refractivity contribution < 1.29 is 13.9 Å². The SMILES string of the molecule is C[C@]1(c2ccc(Cl)cc2F)Oc2cccc(C3=CCN=CC3)c2O1. The fraction of sp³-hybridized carbons (Fsp3) is 0.211. The van der Waals surface area contributed by atoms with Crippen LogP contribution in [-0.4, -0.2) is 12.8 Å². The molecule has 0 aliphatic carbocycles. The molecule has 0 radical (unpaired) electrons. The van der Waals surface area contributed by atoms with Crippen molar-refractivity contribution in [2.75, 3.05) is 6.54 Å². The molecule has 3 nitrogen and oxygen atoms in total. The van der Waals surface area contributed by atoms with Crippen molar-refractivity contribution in [2.24, 2.45) is 4.99 Å². The summed E-state index contributed by atoms with van der Waals surface area (Å²) in [4.78, 5) is 4.21. The van der Waals surface area contributed by atoms with Gasteiger partial charge in [0.05, 0.1) is 12.1 Å². The van der Waals surface area contributed by atoms with E-state index in [9.17, 15) is 4.39 Å². The van der Waals surface area contributed by atoms with Gasteiger partial charge in [-0.15, -0.1) is 0 Å². The number of dihydropyridines is 1. The molecule has 2 aliphatic heterocycles. The Kier molecular flexibility index (Phi) is 3.57. The lowest BCUT2D eigenvalue weighted by atomic mass is 10.00. The topological polar surface area (TPSA) is 30.8 Å². The summed E-state index contributed by atoms with van der Waals surface area (Å²) in [6.07, 6.45) is 4.70. The van der Waals surface area contributed by atoms with Gasteiger partial charge in [0.2, 0.25) is 0 Å². The molecule has 0 saturated carbocycles. The maximum absolute atomic E-state index is 14.4. The number of hydrogen-bond acceptors (Lipinski definition) is 3. The first-order chi connectivity index (χ1) is 11.6. The molecule has 24 heavy (non-hydrogen) atoms. The highest BCUT2D eigenvalue weighted by molar-refractivity contribution is 6.30. The minimum absolute atomic E-state index is 0.313. The van der Waals surface area contributed by atoms with Crippen LogP contribution in [0.1, 0.15) is 24.5 Å². The highest BCUT2D eigenvalue weighted by atomic mass is 35.5. The summed E-state index contributed by atoms with van der Waals surface area (Å²) in [5, 5.41) is 0.336. The number of ether oxygens (including phenoxy) is 2. The second-order valence-electron chi connectivity index (χ2n) is 5.89. The molecule has 0 fully saturated rings. The van der Waals surface area contributed by atoms with Crippen LogP contribution in [0.15, 0.2) is 47.5 Å². The van der Waals surface area contributed by atoms with Crippen LogP contribution < -0.4 is 9.47 Å². The summed E-state index contributed by atoms with van der Waals surface area (Å²) in [6, 6.07) is 10.2. The van der Waals surface area contributed by atoms with E-state index in [1.165, 1.54) is 6.07 Å². The highest BCUT2D eigenvalue weighted by Gasteiger charge is 2.42. The van der Waals surface area contributed by atoms with E-state index in [0.717, 1.165) is 17.6 Å². The number of para-hydroxylation sites is 1. The third kappa shape index (κ3) is 2.47. The largest absolute Gasteiger partial charge is 0.444 e. The predicted molar refractivity (Wildman–Crippen MR) is 92.4 cm³/mol. The molecule has 5 heteroatoms. The van der Waals surface area contributed by atoms with Crippen LogP contribution in [0.25, 0.3) is 5.57 Å². The van der Waals surface area contributed by atoms with Gasteiger partial charge in [-0.05, 0) is 29.8 Å². The molecular formula is C19H15ClFNO2. The quantitative estimate of drug-likeness (QED) is 0.769. The molecule has 0 bridgehead atoms. The molecule has 4 rings (SSSR count). The summed E-state index contributed by atoms with van der Waals surface area (Å²) in [6.45, 7) is 2.36. The standard InChI is InChI=1S/C19H15ClFNO2/c1-19(15-6-5-13(20)11-16(15)21)23-17-4-2-3-14(18(17)24-19)12-7-9-22-10-8-12/h2-7,10-11H,8-9H2,1H3/t19-/m0/s1. The van der Waals surface area contributed by atoms with Gasteiger partial charge in [-0.3, -0.25) is 4.99 Å². The average molecular weight is 344 g/mol. The van der Waals surface area contributed by atoms with Gasteiger partial charge in [-0.2, -0.15) is 0 Å². The molecule has 0 amide bonds. The van der Waals surface area contributed by atoms with Crippen molar-refractivity contribution in [3.05, 3.63) is 64.4 Å². The molecule has 2 aliphatic rings. The Hall–Kier alpha value is -2.33. The third-order valence-electron chi connectivity index (χ3n) is 4.23. The van der Waals surface area contributed by atoms with Crippen molar-refractivity contribution in [1.29, 1.82) is 0 Å². The van der Waals surface area contributed by atoms with E-state index in [4.69, 9.17) is 21.1 Å². The lowest BCUT2D eigenvalue weighted by molar-refractivity contribution is -0.0708. The lowest BCUT2D eigenvalue weighted by Crippen LogP contribution is -2.32. The highest BCUT2D eigenvalue weighted by Crippen LogP contribution is 2.48. The Morgan fingerprint density at radius 2 is 2.08 bits per heavy atom. The fourth-order valence-corrected chi connectivity index (χ4v) is 3.21. The molecule has 0 spiro atoms. The van der Waals surface area contributed by atoms with Crippen LogP contribution in [0.4, 0.5) is 4.39 Å². The van der Waals surface area contributed by atoms with Crippen molar-refractivity contribution >= 4 is 23.4 Å². The average Bonchev–Trinajstić information content (AvgIpc) is 2.92. The zero-order chi connectivity index (χ0) is 16.7. The smallest absolute Gasteiger partial charge is 0.278 e. The molecule has 2 aromatic carbocycles. The molecule has 0 saturated heterocycles. The first kappa shape index (κ1) is 15.2. The van der Waals surface area contributed by atoms with Crippen LogP contribution in [0, 0.1) is 5.82 Å². The number of rotatable bonds is 2. The second kappa shape index (κ2) is 5.64. The van der Waals surface area contributed by atoms with E-state index < -0.39 is 11.6 Å². The molecule has 122 valence electrons. The monoisotopic (exact) mass is 343 g/mol. The minimum Gasteiger partial charge on any atom is -0.444 e. The van der Waals surface area contributed by atoms with E-state index in [2.05, 4.69) is 11.1 Å². The van der Waals surface area contributed by atoms with Crippen molar-refractivity contribution in [2.45, 2.75) is 19.1 Å². The summed E-state index contributed by atoms with van der Waals surface area (Å²) in [5.41, 5.74) is 2.40. The van der Waals surface area contributed by atoms with Gasteiger partial charge in [-0.1, -0.05) is 29.8 Å². The summed E-state index contributed by atoms with van der Waals surface area (Å²) >= 11 is 5.84. The molecule has 1 atom stereocenters. The number of halogens is 2. The third-order valence-corrected chi connectivity index (χ3v) is 4.47. The van der Waals surface area contributed by atoms with E-state index in [-0.39, 0.29) is 0 Å². The van der Waals surface area contributed by atoms with Crippen molar-refractivity contribution in [1.82, 2.24) is 0 Å². The molecule has 2 aromatic rings. The molecule has 2 heterocycles. The predicted octanol–water partition coefficient (Wildman–Crippen LogP) is 4.98. The van der Waals surface area contributed by atoms with Gasteiger partial charge in [0.1, 0.15) is 5.82 Å². The van der Waals surface area contributed by atoms with Crippen LogP contribution in [-0.2, 0) is 5.79 Å². The molecule has 0 unspecified atom stereocenters. The number of hydrogen-bond donors (Lipinski definition) is 0. The fourth-order valence-electron chi connectivity index (χ4n) is 3.05. The van der Waals surface area contributed by atoms with Crippen LogP contribution in [0.3, 0.4) is 0 Å². The van der Waals surface area contributed by atoms with Crippen LogP contribution in [0.5, 0.6) is 11.5 Å². The first-order valence-corrected chi connectivity index (χ1v) is 8.09. The van der Waals surface area contributed by atoms with Gasteiger partial charge < -0.3 is 9.47 Å². The van der Waals surface area contributed by atoms with Crippen LogP contribution in [0.2, 0.25) is 5.02 Å². The number of allylic oxidation sites excluding steroid dienone is 1. The summed E-state index contributed by atoms with van der Waals surface area (Å²) in [7, 11) is 0. The van der Waals surface area contributed by atoms with E-state index in [1.807, 2.05) is 24.4 Å². The maximum atomic E-state index is 14.4. The zero-order valence-corrected chi connectivity index (χ0v) is 13.8.